The molecule has 4 rings (SSSR count). The third kappa shape index (κ3) is 1.07. The Bertz CT molecular complexity index is 738. The number of fused-ring (bicyclic) bond motifs is 5. The summed E-state index contributed by atoms with van der Waals surface area (Å²) in [5, 5.41) is 0.814. The SMILES string of the molecule is C=C1CC(=C)C12c1ccccc1-c1c(Cl)cccc12. The minimum absolute atomic E-state index is 0.184. The molecule has 0 atom stereocenters. The maximum Gasteiger partial charge on any atom is 0.0635 e. The number of halogens is 1. The van der Waals surface area contributed by atoms with E-state index in [-0.39, 0.29) is 5.41 Å². The molecule has 0 radical (unpaired) electrons. The first-order valence-corrected chi connectivity index (χ1v) is 6.80. The van der Waals surface area contributed by atoms with Gasteiger partial charge in [-0.3, -0.25) is 0 Å². The fourth-order valence-corrected chi connectivity index (χ4v) is 3.99. The van der Waals surface area contributed by atoms with E-state index in [0.717, 1.165) is 17.0 Å². The molecule has 1 heteroatoms. The molecule has 2 aliphatic carbocycles. The van der Waals surface area contributed by atoms with Crippen molar-refractivity contribution < 1.29 is 0 Å². The van der Waals surface area contributed by atoms with Crippen molar-refractivity contribution in [3.8, 4) is 11.1 Å². The number of hydrogen-bond donors (Lipinski definition) is 0. The minimum atomic E-state index is -0.184. The molecule has 2 aromatic carbocycles. The molecule has 0 heterocycles. The van der Waals surface area contributed by atoms with Crippen LogP contribution >= 0.6 is 11.6 Å². The number of benzene rings is 2. The summed E-state index contributed by atoms with van der Waals surface area (Å²) in [6, 6.07) is 14.6. The van der Waals surface area contributed by atoms with Gasteiger partial charge in [-0.1, -0.05) is 72.3 Å². The van der Waals surface area contributed by atoms with E-state index in [1.807, 2.05) is 12.1 Å². The average Bonchev–Trinajstić information content (AvgIpc) is 2.73. The first kappa shape index (κ1) is 11.1. The Morgan fingerprint density at radius 2 is 1.58 bits per heavy atom. The lowest BCUT2D eigenvalue weighted by molar-refractivity contribution is 0.595. The van der Waals surface area contributed by atoms with Crippen LogP contribution in [-0.2, 0) is 5.41 Å². The van der Waals surface area contributed by atoms with Gasteiger partial charge in [-0.25, -0.2) is 0 Å². The Balaban J connectivity index is 2.19. The fourth-order valence-electron chi connectivity index (χ4n) is 3.71. The highest BCUT2D eigenvalue weighted by molar-refractivity contribution is 6.34. The first-order valence-electron chi connectivity index (χ1n) is 6.42. The van der Waals surface area contributed by atoms with Gasteiger partial charge in [-0.05, 0) is 29.2 Å². The van der Waals surface area contributed by atoms with Crippen LogP contribution in [0.5, 0.6) is 0 Å². The van der Waals surface area contributed by atoms with E-state index in [0.29, 0.717) is 0 Å². The monoisotopic (exact) mass is 264 g/mol. The quantitative estimate of drug-likeness (QED) is 0.579. The fraction of sp³-hybridized carbons (Fsp3) is 0.111. The van der Waals surface area contributed by atoms with Crippen LogP contribution in [0.25, 0.3) is 11.1 Å². The first-order chi connectivity index (χ1) is 9.17. The molecule has 1 fully saturated rings. The van der Waals surface area contributed by atoms with Crippen LogP contribution in [0.4, 0.5) is 0 Å². The summed E-state index contributed by atoms with van der Waals surface area (Å²) in [5.74, 6) is 0. The van der Waals surface area contributed by atoms with Gasteiger partial charge >= 0.3 is 0 Å². The van der Waals surface area contributed by atoms with E-state index in [4.69, 9.17) is 11.6 Å². The molecular formula is C18H13Cl. The molecule has 0 nitrogen and oxygen atoms in total. The van der Waals surface area contributed by atoms with Gasteiger partial charge in [0.2, 0.25) is 0 Å². The summed E-state index contributed by atoms with van der Waals surface area (Å²) in [4.78, 5) is 0. The maximum atomic E-state index is 6.44. The number of allylic oxidation sites excluding steroid dienone is 2. The normalized spacial score (nSPS) is 18.2. The second kappa shape index (κ2) is 3.40. The highest BCUT2D eigenvalue weighted by Crippen LogP contribution is 2.64. The van der Waals surface area contributed by atoms with Crippen molar-refractivity contribution in [3.63, 3.8) is 0 Å². The zero-order chi connectivity index (χ0) is 13.2. The van der Waals surface area contributed by atoms with Crippen molar-refractivity contribution in [2.24, 2.45) is 0 Å². The topological polar surface area (TPSA) is 0 Å². The lowest BCUT2D eigenvalue weighted by atomic mass is 9.57. The second-order valence-corrected chi connectivity index (χ2v) is 5.75. The highest BCUT2D eigenvalue weighted by atomic mass is 35.5. The van der Waals surface area contributed by atoms with Gasteiger partial charge in [-0.2, -0.15) is 0 Å². The van der Waals surface area contributed by atoms with E-state index in [1.165, 1.54) is 27.8 Å². The molecular weight excluding hydrogens is 252 g/mol. The van der Waals surface area contributed by atoms with E-state index in [1.54, 1.807) is 0 Å². The summed E-state index contributed by atoms with van der Waals surface area (Å²) in [5.41, 5.74) is 7.20. The van der Waals surface area contributed by atoms with E-state index >= 15 is 0 Å². The average molecular weight is 265 g/mol. The lowest BCUT2D eigenvalue weighted by Gasteiger charge is -2.45. The summed E-state index contributed by atoms with van der Waals surface area (Å²) in [6.07, 6.45) is 0.917. The van der Waals surface area contributed by atoms with Crippen molar-refractivity contribution in [3.05, 3.63) is 82.9 Å². The minimum Gasteiger partial charge on any atom is -0.0980 e. The largest absolute Gasteiger partial charge is 0.0980 e. The standard InChI is InChI=1S/C18H13Cl/c1-11-10-12(2)18(11)14-7-4-3-6-13(14)17-15(18)8-5-9-16(17)19/h3-9H,1-2,10H2. The summed E-state index contributed by atoms with van der Waals surface area (Å²) < 4.78 is 0. The number of hydrogen-bond acceptors (Lipinski definition) is 0. The Hall–Kier alpha value is -1.79. The van der Waals surface area contributed by atoms with Crippen molar-refractivity contribution in [1.82, 2.24) is 0 Å². The van der Waals surface area contributed by atoms with Crippen molar-refractivity contribution in [2.45, 2.75) is 11.8 Å². The Labute approximate surface area is 118 Å². The molecule has 0 aliphatic heterocycles. The lowest BCUT2D eigenvalue weighted by Crippen LogP contribution is -2.38. The molecule has 0 saturated heterocycles. The highest BCUT2D eigenvalue weighted by Gasteiger charge is 2.53. The predicted octanol–water partition coefficient (Wildman–Crippen LogP) is 5.12. The van der Waals surface area contributed by atoms with Crippen LogP contribution in [-0.4, -0.2) is 0 Å². The van der Waals surface area contributed by atoms with Crippen LogP contribution in [0.2, 0.25) is 5.02 Å². The Kier molecular flexibility index (Phi) is 1.98. The van der Waals surface area contributed by atoms with Crippen molar-refractivity contribution in [1.29, 1.82) is 0 Å². The molecule has 19 heavy (non-hydrogen) atoms. The molecule has 2 aliphatic rings. The summed E-state index contributed by atoms with van der Waals surface area (Å²) >= 11 is 6.44. The molecule has 1 spiro atoms. The molecule has 0 N–H and O–H groups in total. The third-order valence-corrected chi connectivity index (χ3v) is 4.82. The number of rotatable bonds is 0. The summed E-state index contributed by atoms with van der Waals surface area (Å²) in [7, 11) is 0. The van der Waals surface area contributed by atoms with Gasteiger partial charge in [0.25, 0.3) is 0 Å². The van der Waals surface area contributed by atoms with Gasteiger partial charge in [0.05, 0.1) is 5.41 Å². The Morgan fingerprint density at radius 3 is 2.32 bits per heavy atom. The van der Waals surface area contributed by atoms with Crippen LogP contribution in [0.1, 0.15) is 17.5 Å². The smallest absolute Gasteiger partial charge is 0.0635 e. The predicted molar refractivity (Wildman–Crippen MR) is 80.6 cm³/mol. The van der Waals surface area contributed by atoms with E-state index < -0.39 is 0 Å². The van der Waals surface area contributed by atoms with Gasteiger partial charge < -0.3 is 0 Å². The van der Waals surface area contributed by atoms with Crippen LogP contribution in [0.3, 0.4) is 0 Å². The molecule has 92 valence electrons. The van der Waals surface area contributed by atoms with E-state index in [9.17, 15) is 0 Å². The van der Waals surface area contributed by atoms with Gasteiger partial charge in [0.1, 0.15) is 0 Å². The molecule has 0 aromatic heterocycles. The molecule has 2 aromatic rings. The van der Waals surface area contributed by atoms with Crippen molar-refractivity contribution in [2.75, 3.05) is 0 Å². The van der Waals surface area contributed by atoms with Gasteiger partial charge in [0, 0.05) is 10.6 Å². The van der Waals surface area contributed by atoms with Crippen LogP contribution in [0.15, 0.2) is 66.8 Å². The van der Waals surface area contributed by atoms with Crippen LogP contribution in [0, 0.1) is 0 Å². The Morgan fingerprint density at radius 1 is 0.895 bits per heavy atom. The van der Waals surface area contributed by atoms with Gasteiger partial charge in [-0.15, -0.1) is 0 Å². The molecule has 1 saturated carbocycles. The molecule has 0 unspecified atom stereocenters. The zero-order valence-electron chi connectivity index (χ0n) is 10.5. The second-order valence-electron chi connectivity index (χ2n) is 5.34. The van der Waals surface area contributed by atoms with E-state index in [2.05, 4.69) is 43.5 Å². The maximum absolute atomic E-state index is 6.44. The zero-order valence-corrected chi connectivity index (χ0v) is 11.3. The molecule has 0 amide bonds. The molecule has 0 bridgehead atoms. The van der Waals surface area contributed by atoms with Crippen molar-refractivity contribution >= 4 is 11.6 Å². The summed E-state index contributed by atoms with van der Waals surface area (Å²) in [6.45, 7) is 8.54. The third-order valence-electron chi connectivity index (χ3n) is 4.51. The van der Waals surface area contributed by atoms with Gasteiger partial charge in [0.15, 0.2) is 0 Å². The van der Waals surface area contributed by atoms with Crippen LogP contribution < -0.4 is 0 Å².